The van der Waals surface area contributed by atoms with Gasteiger partial charge in [0.25, 0.3) is 11.6 Å². The topological polar surface area (TPSA) is 84.3 Å². The number of rotatable bonds is 3. The molecule has 0 heterocycles. The Morgan fingerprint density at radius 3 is 2.38 bits per heavy atom. The van der Waals surface area contributed by atoms with Crippen LogP contribution in [0.1, 0.15) is 21.5 Å². The van der Waals surface area contributed by atoms with Crippen LogP contribution in [0.5, 0.6) is 0 Å². The molecule has 0 saturated carbocycles. The standard InChI is InChI=1S/C16H14ClN3O3S/c1-9-5-10(2)7-11(6-9)15(21)19-16(24)18-14-8-12(20(22)23)3-4-13(14)17/h3-8H,1-2H3,(H2,18,19,21,24). The fourth-order valence-electron chi connectivity index (χ4n) is 2.16. The minimum Gasteiger partial charge on any atom is -0.331 e. The summed E-state index contributed by atoms with van der Waals surface area (Å²) < 4.78 is 0. The Balaban J connectivity index is 2.12. The molecule has 0 saturated heterocycles. The van der Waals surface area contributed by atoms with E-state index in [1.165, 1.54) is 18.2 Å². The van der Waals surface area contributed by atoms with Crippen LogP contribution in [0.3, 0.4) is 0 Å². The SMILES string of the molecule is Cc1cc(C)cc(C(=O)NC(=S)Nc2cc([N+](=O)[O-])ccc2Cl)c1. The van der Waals surface area contributed by atoms with Gasteiger partial charge in [-0.1, -0.05) is 28.8 Å². The van der Waals surface area contributed by atoms with E-state index in [-0.39, 0.29) is 27.4 Å². The number of carbonyl (C=O) groups excluding carboxylic acids is 1. The highest BCUT2D eigenvalue weighted by Crippen LogP contribution is 2.26. The highest BCUT2D eigenvalue weighted by atomic mass is 35.5. The molecule has 8 heteroatoms. The Labute approximate surface area is 149 Å². The summed E-state index contributed by atoms with van der Waals surface area (Å²) in [7, 11) is 0. The van der Waals surface area contributed by atoms with Gasteiger partial charge in [-0.05, 0) is 44.3 Å². The molecule has 0 bridgehead atoms. The van der Waals surface area contributed by atoms with Crippen molar-refractivity contribution in [1.82, 2.24) is 5.32 Å². The van der Waals surface area contributed by atoms with E-state index in [0.29, 0.717) is 5.56 Å². The average Bonchev–Trinajstić information content (AvgIpc) is 2.48. The van der Waals surface area contributed by atoms with E-state index in [2.05, 4.69) is 10.6 Å². The molecule has 2 aromatic rings. The van der Waals surface area contributed by atoms with Crippen LogP contribution in [0.25, 0.3) is 0 Å². The molecule has 0 fully saturated rings. The van der Waals surface area contributed by atoms with Crippen LogP contribution < -0.4 is 10.6 Å². The number of hydrogen-bond donors (Lipinski definition) is 2. The Morgan fingerprint density at radius 1 is 1.17 bits per heavy atom. The van der Waals surface area contributed by atoms with Crippen LogP contribution in [-0.4, -0.2) is 15.9 Å². The van der Waals surface area contributed by atoms with Crippen LogP contribution in [0.2, 0.25) is 5.02 Å². The molecule has 2 aromatic carbocycles. The van der Waals surface area contributed by atoms with Crippen molar-refractivity contribution in [3.63, 3.8) is 0 Å². The number of halogens is 1. The second kappa shape index (κ2) is 7.37. The molecule has 0 aliphatic rings. The van der Waals surface area contributed by atoms with Crippen molar-refractivity contribution >= 4 is 46.2 Å². The van der Waals surface area contributed by atoms with E-state index >= 15 is 0 Å². The smallest absolute Gasteiger partial charge is 0.271 e. The molecule has 0 aliphatic heterocycles. The number of nitro benzene ring substituents is 1. The number of non-ortho nitro benzene ring substituents is 1. The first-order valence-corrected chi connectivity index (χ1v) is 7.69. The van der Waals surface area contributed by atoms with E-state index in [9.17, 15) is 14.9 Å². The summed E-state index contributed by atoms with van der Waals surface area (Å²) >= 11 is 11.1. The van der Waals surface area contributed by atoms with Crippen molar-refractivity contribution in [2.24, 2.45) is 0 Å². The fourth-order valence-corrected chi connectivity index (χ4v) is 2.52. The summed E-state index contributed by atoms with van der Waals surface area (Å²) in [5.41, 5.74) is 2.50. The number of carbonyl (C=O) groups is 1. The van der Waals surface area contributed by atoms with Crippen molar-refractivity contribution in [3.05, 3.63) is 68.2 Å². The van der Waals surface area contributed by atoms with Crippen LogP contribution in [0.4, 0.5) is 11.4 Å². The highest BCUT2D eigenvalue weighted by Gasteiger charge is 2.13. The van der Waals surface area contributed by atoms with Crippen molar-refractivity contribution in [2.45, 2.75) is 13.8 Å². The maximum atomic E-state index is 12.2. The zero-order valence-corrected chi connectivity index (χ0v) is 14.5. The van der Waals surface area contributed by atoms with Gasteiger partial charge in [0, 0.05) is 17.7 Å². The van der Waals surface area contributed by atoms with Crippen LogP contribution in [0, 0.1) is 24.0 Å². The quantitative estimate of drug-likeness (QED) is 0.489. The molecule has 0 spiro atoms. The van der Waals surface area contributed by atoms with E-state index < -0.39 is 4.92 Å². The lowest BCUT2D eigenvalue weighted by atomic mass is 10.1. The van der Waals surface area contributed by atoms with Crippen LogP contribution in [-0.2, 0) is 0 Å². The monoisotopic (exact) mass is 363 g/mol. The largest absolute Gasteiger partial charge is 0.331 e. The number of hydrogen-bond acceptors (Lipinski definition) is 4. The predicted octanol–water partition coefficient (Wildman–Crippen LogP) is 3.99. The number of nitrogens with zero attached hydrogens (tertiary/aromatic N) is 1. The van der Waals surface area contributed by atoms with Gasteiger partial charge < -0.3 is 5.32 Å². The Kier molecular flexibility index (Phi) is 5.48. The van der Waals surface area contributed by atoms with Gasteiger partial charge in [-0.15, -0.1) is 0 Å². The van der Waals surface area contributed by atoms with E-state index in [0.717, 1.165) is 11.1 Å². The maximum absolute atomic E-state index is 12.2. The molecule has 2 rings (SSSR count). The predicted molar refractivity (Wildman–Crippen MR) is 97.7 cm³/mol. The van der Waals surface area contributed by atoms with Crippen molar-refractivity contribution in [2.75, 3.05) is 5.32 Å². The third kappa shape index (κ3) is 4.50. The lowest BCUT2D eigenvalue weighted by Gasteiger charge is -2.11. The van der Waals surface area contributed by atoms with E-state index in [4.69, 9.17) is 23.8 Å². The Bertz CT molecular complexity index is 819. The third-order valence-electron chi connectivity index (χ3n) is 3.12. The van der Waals surface area contributed by atoms with Crippen LogP contribution in [0.15, 0.2) is 36.4 Å². The number of benzene rings is 2. The minimum absolute atomic E-state index is 0.00144. The average molecular weight is 364 g/mol. The molecule has 0 unspecified atom stereocenters. The molecular formula is C16H14ClN3O3S. The molecule has 0 atom stereocenters. The first-order valence-electron chi connectivity index (χ1n) is 6.91. The lowest BCUT2D eigenvalue weighted by Crippen LogP contribution is -2.34. The zero-order valence-electron chi connectivity index (χ0n) is 12.9. The summed E-state index contributed by atoms with van der Waals surface area (Å²) in [5, 5.41) is 16.3. The molecule has 124 valence electrons. The second-order valence-corrected chi connectivity index (χ2v) is 6.02. The highest BCUT2D eigenvalue weighted by molar-refractivity contribution is 7.80. The lowest BCUT2D eigenvalue weighted by molar-refractivity contribution is -0.384. The number of nitro groups is 1. The van der Waals surface area contributed by atoms with E-state index in [1.807, 2.05) is 19.9 Å². The van der Waals surface area contributed by atoms with Gasteiger partial charge in [-0.2, -0.15) is 0 Å². The third-order valence-corrected chi connectivity index (χ3v) is 3.65. The Hall–Kier alpha value is -2.51. The molecule has 6 nitrogen and oxygen atoms in total. The van der Waals surface area contributed by atoms with Gasteiger partial charge >= 0.3 is 0 Å². The van der Waals surface area contributed by atoms with Crippen molar-refractivity contribution < 1.29 is 9.72 Å². The number of aryl methyl sites for hydroxylation is 2. The van der Waals surface area contributed by atoms with Gasteiger partial charge in [0.15, 0.2) is 5.11 Å². The zero-order chi connectivity index (χ0) is 17.9. The maximum Gasteiger partial charge on any atom is 0.271 e. The molecule has 0 radical (unpaired) electrons. The summed E-state index contributed by atoms with van der Waals surface area (Å²) in [5.74, 6) is -0.374. The van der Waals surface area contributed by atoms with E-state index in [1.54, 1.807) is 12.1 Å². The minimum atomic E-state index is -0.543. The van der Waals surface area contributed by atoms with Crippen LogP contribution >= 0.6 is 23.8 Å². The molecular weight excluding hydrogens is 350 g/mol. The van der Waals surface area contributed by atoms with Gasteiger partial charge in [-0.3, -0.25) is 20.2 Å². The Morgan fingerprint density at radius 2 is 1.79 bits per heavy atom. The van der Waals surface area contributed by atoms with Gasteiger partial charge in [0.1, 0.15) is 0 Å². The van der Waals surface area contributed by atoms with Gasteiger partial charge in [0.05, 0.1) is 15.6 Å². The summed E-state index contributed by atoms with van der Waals surface area (Å²) in [4.78, 5) is 22.5. The first-order chi connectivity index (χ1) is 11.3. The number of anilines is 1. The van der Waals surface area contributed by atoms with Gasteiger partial charge in [0.2, 0.25) is 0 Å². The summed E-state index contributed by atoms with van der Waals surface area (Å²) in [6, 6.07) is 9.35. The number of thiocarbonyl (C=S) groups is 1. The molecule has 0 aliphatic carbocycles. The summed E-state index contributed by atoms with van der Waals surface area (Å²) in [6.45, 7) is 3.78. The molecule has 1 amide bonds. The van der Waals surface area contributed by atoms with Crippen molar-refractivity contribution in [3.8, 4) is 0 Å². The number of amides is 1. The second-order valence-electron chi connectivity index (χ2n) is 5.21. The fraction of sp³-hybridized carbons (Fsp3) is 0.125. The molecule has 2 N–H and O–H groups in total. The summed E-state index contributed by atoms with van der Waals surface area (Å²) in [6.07, 6.45) is 0. The van der Waals surface area contributed by atoms with Gasteiger partial charge in [-0.25, -0.2) is 0 Å². The molecule has 24 heavy (non-hydrogen) atoms. The first kappa shape index (κ1) is 17.8. The molecule has 0 aromatic heterocycles. The normalized spacial score (nSPS) is 10.1. The van der Waals surface area contributed by atoms with Crippen molar-refractivity contribution in [1.29, 1.82) is 0 Å². The number of nitrogens with one attached hydrogen (secondary N) is 2.